The number of anilines is 1. The van der Waals surface area contributed by atoms with Crippen molar-refractivity contribution in [3.8, 4) is 11.4 Å². The number of hydrogen-bond acceptors (Lipinski definition) is 5. The monoisotopic (exact) mass is 465 g/mol. The molecule has 3 aromatic carbocycles. The molecule has 4 aromatic rings. The summed E-state index contributed by atoms with van der Waals surface area (Å²) in [5.41, 5.74) is 1.88. The zero-order valence-electron chi connectivity index (χ0n) is 17.6. The molecule has 168 valence electrons. The first-order valence-electron chi connectivity index (χ1n) is 9.92. The molecule has 1 amide bonds. The molecule has 0 aliphatic heterocycles. The lowest BCUT2D eigenvalue weighted by atomic mass is 10.2. The summed E-state index contributed by atoms with van der Waals surface area (Å²) in [7, 11) is -3.63. The summed E-state index contributed by atoms with van der Waals surface area (Å²) >= 11 is 0. The molecule has 0 aliphatic carbocycles. The fourth-order valence-electron chi connectivity index (χ4n) is 3.13. The number of benzene rings is 3. The van der Waals surface area contributed by atoms with E-state index in [-0.39, 0.29) is 16.1 Å². The maximum Gasteiger partial charge on any atom is 0.258 e. The molecular weight excluding hydrogens is 445 g/mol. The van der Waals surface area contributed by atoms with Gasteiger partial charge >= 0.3 is 0 Å². The van der Waals surface area contributed by atoms with Crippen LogP contribution in [0.2, 0.25) is 0 Å². The number of nitrogens with zero attached hydrogens (tertiary/aromatic N) is 2. The Morgan fingerprint density at radius 1 is 1.06 bits per heavy atom. The van der Waals surface area contributed by atoms with Crippen LogP contribution in [0.25, 0.3) is 5.69 Å². The predicted molar refractivity (Wildman–Crippen MR) is 122 cm³/mol. The highest BCUT2D eigenvalue weighted by Crippen LogP contribution is 2.24. The van der Waals surface area contributed by atoms with Crippen molar-refractivity contribution in [3.63, 3.8) is 0 Å². The van der Waals surface area contributed by atoms with Gasteiger partial charge in [-0.2, -0.15) is 5.10 Å². The topological polar surface area (TPSA) is 90.3 Å². The van der Waals surface area contributed by atoms with Crippen LogP contribution in [0.5, 0.6) is 5.75 Å². The van der Waals surface area contributed by atoms with Crippen molar-refractivity contribution in [3.05, 3.63) is 102 Å². The van der Waals surface area contributed by atoms with Crippen LogP contribution in [0.1, 0.15) is 15.9 Å². The van der Waals surface area contributed by atoms with E-state index in [0.717, 1.165) is 24.0 Å². The number of carbonyl (C=O) groups excluding carboxylic acids is 1. The second-order valence-corrected chi connectivity index (χ2v) is 9.33. The number of nitrogens with one attached hydrogen (secondary N) is 1. The minimum atomic E-state index is -3.63. The summed E-state index contributed by atoms with van der Waals surface area (Å²) in [5.74, 6) is -0.748. The summed E-state index contributed by atoms with van der Waals surface area (Å²) in [4.78, 5) is 12.4. The van der Waals surface area contributed by atoms with Crippen molar-refractivity contribution >= 4 is 21.4 Å². The number of para-hydroxylation sites is 2. The van der Waals surface area contributed by atoms with Gasteiger partial charge in [-0.15, -0.1) is 0 Å². The molecule has 1 aromatic heterocycles. The van der Waals surface area contributed by atoms with Crippen molar-refractivity contribution in [2.45, 2.75) is 11.5 Å². The van der Waals surface area contributed by atoms with Crippen LogP contribution in [0.15, 0.2) is 90.1 Å². The van der Waals surface area contributed by atoms with E-state index in [9.17, 15) is 17.6 Å². The molecule has 0 fully saturated rings. The zero-order valence-corrected chi connectivity index (χ0v) is 18.4. The molecule has 0 saturated carbocycles. The second-order valence-electron chi connectivity index (χ2n) is 7.32. The van der Waals surface area contributed by atoms with E-state index in [4.69, 9.17) is 4.74 Å². The Hall–Kier alpha value is -3.98. The van der Waals surface area contributed by atoms with Crippen molar-refractivity contribution in [2.24, 2.45) is 0 Å². The SMILES string of the molecule is CS(=O)(=O)c1cc(F)cc(NC(=O)c2cnn(-c3ccccc3OCc3ccccc3)c2)c1. The Labute approximate surface area is 190 Å². The zero-order chi connectivity index (χ0) is 23.4. The molecule has 0 bridgehead atoms. The molecule has 0 saturated heterocycles. The van der Waals surface area contributed by atoms with Crippen molar-refractivity contribution < 1.29 is 22.3 Å². The molecule has 1 N–H and O–H groups in total. The van der Waals surface area contributed by atoms with Gasteiger partial charge in [0.2, 0.25) is 0 Å². The summed E-state index contributed by atoms with van der Waals surface area (Å²) in [6.07, 6.45) is 3.84. The first kappa shape index (κ1) is 22.2. The van der Waals surface area contributed by atoms with Crippen LogP contribution in [-0.2, 0) is 16.4 Å². The number of amides is 1. The second kappa shape index (κ2) is 9.25. The van der Waals surface area contributed by atoms with Crippen molar-refractivity contribution in [1.29, 1.82) is 0 Å². The van der Waals surface area contributed by atoms with Gasteiger partial charge in [0, 0.05) is 18.1 Å². The van der Waals surface area contributed by atoms with Gasteiger partial charge < -0.3 is 10.1 Å². The fraction of sp³-hybridized carbons (Fsp3) is 0.0833. The minimum Gasteiger partial charge on any atom is -0.487 e. The predicted octanol–water partition coefficient (Wildman–Crippen LogP) is 4.25. The Bertz CT molecular complexity index is 1400. The van der Waals surface area contributed by atoms with Gasteiger partial charge in [-0.25, -0.2) is 17.5 Å². The highest BCUT2D eigenvalue weighted by molar-refractivity contribution is 7.90. The highest BCUT2D eigenvalue weighted by atomic mass is 32.2. The van der Waals surface area contributed by atoms with Crippen LogP contribution in [0.3, 0.4) is 0 Å². The van der Waals surface area contributed by atoms with E-state index in [0.29, 0.717) is 18.0 Å². The molecular formula is C24H20FN3O4S. The van der Waals surface area contributed by atoms with Crippen LogP contribution in [0, 0.1) is 5.82 Å². The van der Waals surface area contributed by atoms with E-state index in [1.807, 2.05) is 42.5 Å². The van der Waals surface area contributed by atoms with Gasteiger partial charge in [-0.3, -0.25) is 4.79 Å². The maximum atomic E-state index is 13.8. The number of halogens is 1. The molecule has 33 heavy (non-hydrogen) atoms. The van der Waals surface area contributed by atoms with E-state index in [1.54, 1.807) is 12.1 Å². The molecule has 1 heterocycles. The third kappa shape index (κ3) is 5.45. The van der Waals surface area contributed by atoms with Crippen LogP contribution >= 0.6 is 0 Å². The van der Waals surface area contributed by atoms with Gasteiger partial charge in [0.15, 0.2) is 9.84 Å². The quantitative estimate of drug-likeness (QED) is 0.441. The lowest BCUT2D eigenvalue weighted by Crippen LogP contribution is -2.12. The third-order valence-electron chi connectivity index (χ3n) is 4.75. The van der Waals surface area contributed by atoms with Crippen molar-refractivity contribution in [2.75, 3.05) is 11.6 Å². The van der Waals surface area contributed by atoms with Crippen LogP contribution in [-0.4, -0.2) is 30.4 Å². The van der Waals surface area contributed by atoms with Gasteiger partial charge in [0.1, 0.15) is 23.9 Å². The largest absolute Gasteiger partial charge is 0.487 e. The number of carbonyl (C=O) groups is 1. The van der Waals surface area contributed by atoms with Crippen LogP contribution in [0.4, 0.5) is 10.1 Å². The van der Waals surface area contributed by atoms with E-state index >= 15 is 0 Å². The number of hydrogen-bond donors (Lipinski definition) is 1. The average molecular weight is 466 g/mol. The molecule has 0 radical (unpaired) electrons. The Balaban J connectivity index is 1.53. The van der Waals surface area contributed by atoms with Gasteiger partial charge in [0.05, 0.1) is 16.7 Å². The number of rotatable bonds is 7. The molecule has 0 aliphatic rings. The lowest BCUT2D eigenvalue weighted by Gasteiger charge is -2.11. The number of aromatic nitrogens is 2. The summed E-state index contributed by atoms with van der Waals surface area (Å²) in [5, 5.41) is 6.75. The van der Waals surface area contributed by atoms with Gasteiger partial charge in [-0.05, 0) is 35.9 Å². The van der Waals surface area contributed by atoms with Gasteiger partial charge in [-0.1, -0.05) is 42.5 Å². The maximum absolute atomic E-state index is 13.8. The molecule has 0 spiro atoms. The van der Waals surface area contributed by atoms with Crippen LogP contribution < -0.4 is 10.1 Å². The molecule has 0 unspecified atom stereocenters. The molecule has 4 rings (SSSR count). The average Bonchev–Trinajstić information content (AvgIpc) is 3.28. The number of ether oxygens (including phenoxy) is 1. The van der Waals surface area contributed by atoms with E-state index in [2.05, 4.69) is 10.4 Å². The lowest BCUT2D eigenvalue weighted by molar-refractivity contribution is 0.102. The first-order valence-corrected chi connectivity index (χ1v) is 11.8. The fourth-order valence-corrected chi connectivity index (χ4v) is 3.80. The standard InChI is InChI=1S/C24H20FN3O4S/c1-33(30,31)21-12-19(25)11-20(13-21)27-24(29)18-14-26-28(15-18)22-9-5-6-10-23(22)32-16-17-7-3-2-4-8-17/h2-15H,16H2,1H3,(H,27,29). The summed E-state index contributed by atoms with van der Waals surface area (Å²) in [6.45, 7) is 0.370. The third-order valence-corrected chi connectivity index (χ3v) is 5.84. The first-order chi connectivity index (χ1) is 15.8. The molecule has 9 heteroatoms. The normalized spacial score (nSPS) is 11.2. The van der Waals surface area contributed by atoms with Crippen molar-refractivity contribution in [1.82, 2.24) is 9.78 Å². The van der Waals surface area contributed by atoms with Gasteiger partial charge in [0.25, 0.3) is 5.91 Å². The van der Waals surface area contributed by atoms with E-state index in [1.165, 1.54) is 23.1 Å². The smallest absolute Gasteiger partial charge is 0.258 e. The molecule has 7 nitrogen and oxygen atoms in total. The summed E-state index contributed by atoms with van der Waals surface area (Å²) in [6, 6.07) is 20.1. The Kier molecular flexibility index (Phi) is 6.23. The Morgan fingerprint density at radius 3 is 2.55 bits per heavy atom. The molecule has 0 atom stereocenters. The minimum absolute atomic E-state index is 0.0276. The highest BCUT2D eigenvalue weighted by Gasteiger charge is 2.15. The Morgan fingerprint density at radius 2 is 1.79 bits per heavy atom. The number of sulfone groups is 1. The summed E-state index contributed by atoms with van der Waals surface area (Å²) < 4.78 is 44.7. The van der Waals surface area contributed by atoms with E-state index < -0.39 is 21.6 Å².